The number of esters is 1. The lowest BCUT2D eigenvalue weighted by Gasteiger charge is -2.09. The van der Waals surface area contributed by atoms with E-state index in [-0.39, 0.29) is 12.5 Å². The number of carbonyl (C=O) groups is 2. The zero-order valence-corrected chi connectivity index (χ0v) is 14.3. The van der Waals surface area contributed by atoms with Gasteiger partial charge in [0.05, 0.1) is 0 Å². The molecule has 0 heterocycles. The SMILES string of the molecule is Cc1ccc(C)c(NC(=O)COC(=O)/C=C/c2ccccc2Cl)c1. The molecular weight excluding hydrogens is 326 g/mol. The Labute approximate surface area is 146 Å². The molecular formula is C19H18ClNO3. The second-order valence-electron chi connectivity index (χ2n) is 5.33. The molecule has 1 amide bonds. The smallest absolute Gasteiger partial charge is 0.331 e. The molecule has 4 nitrogen and oxygen atoms in total. The van der Waals surface area contributed by atoms with Gasteiger partial charge in [0.2, 0.25) is 0 Å². The van der Waals surface area contributed by atoms with Crippen LogP contribution in [0.1, 0.15) is 16.7 Å². The highest BCUT2D eigenvalue weighted by Gasteiger charge is 2.07. The lowest BCUT2D eigenvalue weighted by Crippen LogP contribution is -2.20. The Bertz CT molecular complexity index is 784. The molecule has 5 heteroatoms. The number of aryl methyl sites for hydroxylation is 2. The first-order valence-electron chi connectivity index (χ1n) is 7.42. The zero-order chi connectivity index (χ0) is 17.5. The van der Waals surface area contributed by atoms with Crippen molar-refractivity contribution in [1.29, 1.82) is 0 Å². The maximum Gasteiger partial charge on any atom is 0.331 e. The minimum Gasteiger partial charge on any atom is -0.452 e. The molecule has 0 aliphatic carbocycles. The number of amides is 1. The van der Waals surface area contributed by atoms with E-state index in [9.17, 15) is 9.59 Å². The average molecular weight is 344 g/mol. The van der Waals surface area contributed by atoms with Crippen molar-refractivity contribution >= 4 is 35.2 Å². The fourth-order valence-electron chi connectivity index (χ4n) is 2.01. The first-order valence-corrected chi connectivity index (χ1v) is 7.80. The Hall–Kier alpha value is -2.59. The highest BCUT2D eigenvalue weighted by Crippen LogP contribution is 2.17. The summed E-state index contributed by atoms with van der Waals surface area (Å²) in [6.07, 6.45) is 2.79. The summed E-state index contributed by atoms with van der Waals surface area (Å²) in [5.41, 5.74) is 3.40. The van der Waals surface area contributed by atoms with Crippen molar-refractivity contribution in [2.75, 3.05) is 11.9 Å². The molecule has 0 unspecified atom stereocenters. The monoisotopic (exact) mass is 343 g/mol. The van der Waals surface area contributed by atoms with Crippen molar-refractivity contribution in [1.82, 2.24) is 0 Å². The molecule has 2 rings (SSSR count). The molecule has 0 spiro atoms. The van der Waals surface area contributed by atoms with Crippen LogP contribution in [-0.2, 0) is 14.3 Å². The molecule has 0 saturated heterocycles. The highest BCUT2D eigenvalue weighted by molar-refractivity contribution is 6.32. The molecule has 2 aromatic carbocycles. The lowest BCUT2D eigenvalue weighted by atomic mass is 10.1. The van der Waals surface area contributed by atoms with E-state index in [4.69, 9.17) is 16.3 Å². The second kappa shape index (κ2) is 8.31. The van der Waals surface area contributed by atoms with Crippen molar-refractivity contribution in [3.63, 3.8) is 0 Å². The third kappa shape index (κ3) is 5.25. The van der Waals surface area contributed by atoms with E-state index in [2.05, 4.69) is 5.32 Å². The average Bonchev–Trinajstić information content (AvgIpc) is 2.55. The van der Waals surface area contributed by atoms with Crippen molar-refractivity contribution in [2.45, 2.75) is 13.8 Å². The molecule has 24 heavy (non-hydrogen) atoms. The van der Waals surface area contributed by atoms with Gasteiger partial charge in [-0.2, -0.15) is 0 Å². The van der Waals surface area contributed by atoms with E-state index in [0.717, 1.165) is 11.1 Å². The Morgan fingerprint density at radius 2 is 1.92 bits per heavy atom. The molecule has 0 aromatic heterocycles. The van der Waals surface area contributed by atoms with Crippen molar-refractivity contribution in [3.05, 3.63) is 70.3 Å². The molecule has 0 bridgehead atoms. The van der Waals surface area contributed by atoms with Crippen LogP contribution in [0.5, 0.6) is 0 Å². The van der Waals surface area contributed by atoms with Crippen LogP contribution >= 0.6 is 11.6 Å². The number of nitrogens with one attached hydrogen (secondary N) is 1. The summed E-state index contributed by atoms with van der Waals surface area (Å²) in [5, 5.41) is 3.26. The zero-order valence-electron chi connectivity index (χ0n) is 13.5. The first kappa shape index (κ1) is 17.8. The van der Waals surface area contributed by atoms with Gasteiger partial charge in [-0.25, -0.2) is 4.79 Å². The summed E-state index contributed by atoms with van der Waals surface area (Å²) in [7, 11) is 0. The first-order chi connectivity index (χ1) is 11.5. The number of benzene rings is 2. The topological polar surface area (TPSA) is 55.4 Å². The molecule has 0 fully saturated rings. The fraction of sp³-hybridized carbons (Fsp3) is 0.158. The minimum atomic E-state index is -0.606. The number of ether oxygens (including phenoxy) is 1. The number of hydrogen-bond donors (Lipinski definition) is 1. The third-order valence-electron chi connectivity index (χ3n) is 3.32. The number of halogens is 1. The van der Waals surface area contributed by atoms with Gasteiger partial charge in [-0.3, -0.25) is 4.79 Å². The minimum absolute atomic E-state index is 0.348. The van der Waals surface area contributed by atoms with Gasteiger partial charge >= 0.3 is 5.97 Å². The standard InChI is InChI=1S/C19H18ClNO3/c1-13-7-8-14(2)17(11-13)21-18(22)12-24-19(23)10-9-15-5-3-4-6-16(15)20/h3-11H,12H2,1-2H3,(H,21,22)/b10-9+. The van der Waals surface area contributed by atoms with Crippen molar-refractivity contribution in [2.24, 2.45) is 0 Å². The molecule has 0 aliphatic rings. The number of carbonyl (C=O) groups excluding carboxylic acids is 2. The van der Waals surface area contributed by atoms with Gasteiger partial charge in [0.25, 0.3) is 5.91 Å². The largest absolute Gasteiger partial charge is 0.452 e. The van der Waals surface area contributed by atoms with Crippen molar-refractivity contribution in [3.8, 4) is 0 Å². The lowest BCUT2D eigenvalue weighted by molar-refractivity contribution is -0.142. The predicted molar refractivity (Wildman–Crippen MR) is 96.0 cm³/mol. The highest BCUT2D eigenvalue weighted by atomic mass is 35.5. The number of hydrogen-bond acceptors (Lipinski definition) is 3. The molecule has 2 aromatic rings. The summed E-state index contributed by atoms with van der Waals surface area (Å²) in [4.78, 5) is 23.5. The van der Waals surface area contributed by atoms with E-state index >= 15 is 0 Å². The molecule has 124 valence electrons. The summed E-state index contributed by atoms with van der Waals surface area (Å²) in [5.74, 6) is -0.991. The summed E-state index contributed by atoms with van der Waals surface area (Å²) < 4.78 is 4.93. The van der Waals surface area contributed by atoms with Gasteiger partial charge < -0.3 is 10.1 Å². The van der Waals surface area contributed by atoms with Crippen LogP contribution in [0.15, 0.2) is 48.5 Å². The fourth-order valence-corrected chi connectivity index (χ4v) is 2.21. The quantitative estimate of drug-likeness (QED) is 0.655. The Balaban J connectivity index is 1.86. The van der Waals surface area contributed by atoms with Crippen LogP contribution < -0.4 is 5.32 Å². The maximum atomic E-state index is 11.9. The van der Waals surface area contributed by atoms with Crippen LogP contribution in [0.3, 0.4) is 0 Å². The van der Waals surface area contributed by atoms with Crippen LogP contribution in [0.25, 0.3) is 6.08 Å². The van der Waals surface area contributed by atoms with E-state index in [0.29, 0.717) is 16.3 Å². The summed E-state index contributed by atoms with van der Waals surface area (Å²) in [6, 6.07) is 12.9. The van der Waals surface area contributed by atoms with E-state index < -0.39 is 5.97 Å². The summed E-state index contributed by atoms with van der Waals surface area (Å²) in [6.45, 7) is 3.49. The van der Waals surface area contributed by atoms with E-state index in [1.807, 2.05) is 38.1 Å². The van der Waals surface area contributed by atoms with Crippen LogP contribution in [0.4, 0.5) is 5.69 Å². The second-order valence-corrected chi connectivity index (χ2v) is 5.74. The van der Waals surface area contributed by atoms with Gasteiger partial charge in [-0.1, -0.05) is 41.9 Å². The maximum absolute atomic E-state index is 11.9. The normalized spacial score (nSPS) is 10.6. The number of anilines is 1. The summed E-state index contributed by atoms with van der Waals surface area (Å²) >= 11 is 5.99. The van der Waals surface area contributed by atoms with E-state index in [1.54, 1.807) is 24.3 Å². The molecule has 0 radical (unpaired) electrons. The third-order valence-corrected chi connectivity index (χ3v) is 3.66. The van der Waals surface area contributed by atoms with Gasteiger partial charge in [-0.05, 0) is 48.7 Å². The van der Waals surface area contributed by atoms with Gasteiger partial charge in [0.1, 0.15) is 0 Å². The van der Waals surface area contributed by atoms with Crippen LogP contribution in [0, 0.1) is 13.8 Å². The molecule has 1 N–H and O–H groups in total. The van der Waals surface area contributed by atoms with E-state index in [1.165, 1.54) is 6.08 Å². The molecule has 0 aliphatic heterocycles. The van der Waals surface area contributed by atoms with Crippen LogP contribution in [0.2, 0.25) is 5.02 Å². The Morgan fingerprint density at radius 3 is 2.67 bits per heavy atom. The van der Waals surface area contributed by atoms with Gasteiger partial charge in [0.15, 0.2) is 6.61 Å². The van der Waals surface area contributed by atoms with Gasteiger partial charge in [0, 0.05) is 16.8 Å². The molecule has 0 saturated carbocycles. The molecule has 0 atom stereocenters. The van der Waals surface area contributed by atoms with Crippen LogP contribution in [-0.4, -0.2) is 18.5 Å². The van der Waals surface area contributed by atoms with Crippen molar-refractivity contribution < 1.29 is 14.3 Å². The Morgan fingerprint density at radius 1 is 1.17 bits per heavy atom. The Kier molecular flexibility index (Phi) is 6.15. The van der Waals surface area contributed by atoms with Gasteiger partial charge in [-0.15, -0.1) is 0 Å². The number of rotatable bonds is 5. The predicted octanol–water partition coefficient (Wildman–Crippen LogP) is 4.15.